The van der Waals surface area contributed by atoms with Crippen LogP contribution in [0.15, 0.2) is 48.5 Å². The van der Waals surface area contributed by atoms with Gasteiger partial charge in [0.2, 0.25) is 0 Å². The molecule has 2 aromatic rings. The van der Waals surface area contributed by atoms with Crippen LogP contribution in [0.5, 0.6) is 0 Å². The number of nitrogens with zero attached hydrogens (tertiary/aromatic N) is 1. The minimum atomic E-state index is -1.26. The van der Waals surface area contributed by atoms with Crippen molar-refractivity contribution in [2.24, 2.45) is 0 Å². The van der Waals surface area contributed by atoms with Crippen molar-refractivity contribution in [1.29, 1.82) is 0 Å². The van der Waals surface area contributed by atoms with E-state index < -0.39 is 29.6 Å². The summed E-state index contributed by atoms with van der Waals surface area (Å²) in [7, 11) is 1.16. The van der Waals surface area contributed by atoms with Crippen LogP contribution in [0, 0.1) is 5.82 Å². The minimum Gasteiger partial charge on any atom is -0.467 e. The van der Waals surface area contributed by atoms with E-state index in [0.29, 0.717) is 5.56 Å². The third-order valence-electron chi connectivity index (χ3n) is 3.69. The normalized spacial score (nSPS) is 14.6. The van der Waals surface area contributed by atoms with Crippen LogP contribution < -0.4 is 0 Å². The first kappa shape index (κ1) is 14.9. The summed E-state index contributed by atoms with van der Waals surface area (Å²) in [5, 5.41) is 0. The molecule has 0 saturated carbocycles. The van der Waals surface area contributed by atoms with E-state index in [9.17, 15) is 18.8 Å². The van der Waals surface area contributed by atoms with Gasteiger partial charge in [-0.25, -0.2) is 9.18 Å². The number of fused-ring (bicyclic) bond motifs is 1. The molecule has 0 N–H and O–H groups in total. The topological polar surface area (TPSA) is 63.7 Å². The van der Waals surface area contributed by atoms with E-state index in [1.807, 2.05) is 0 Å². The highest BCUT2D eigenvalue weighted by atomic mass is 19.1. The van der Waals surface area contributed by atoms with Gasteiger partial charge in [0.15, 0.2) is 6.04 Å². The number of hydrogen-bond donors (Lipinski definition) is 0. The van der Waals surface area contributed by atoms with Crippen LogP contribution in [0.1, 0.15) is 32.3 Å². The van der Waals surface area contributed by atoms with Crippen molar-refractivity contribution in [2.45, 2.75) is 6.04 Å². The van der Waals surface area contributed by atoms with Gasteiger partial charge in [-0.3, -0.25) is 14.5 Å². The largest absolute Gasteiger partial charge is 0.467 e. The summed E-state index contributed by atoms with van der Waals surface area (Å²) in [5.74, 6) is -2.42. The van der Waals surface area contributed by atoms with E-state index in [1.165, 1.54) is 24.3 Å². The van der Waals surface area contributed by atoms with Gasteiger partial charge in [-0.15, -0.1) is 0 Å². The second kappa shape index (κ2) is 5.64. The predicted molar refractivity (Wildman–Crippen MR) is 78.1 cm³/mol. The molecule has 0 radical (unpaired) electrons. The van der Waals surface area contributed by atoms with Crippen molar-refractivity contribution in [1.82, 2.24) is 4.90 Å². The molecule has 5 nitrogen and oxygen atoms in total. The molecular weight excluding hydrogens is 301 g/mol. The number of rotatable bonds is 3. The third kappa shape index (κ3) is 2.38. The quantitative estimate of drug-likeness (QED) is 0.644. The molecule has 0 saturated heterocycles. The molecule has 6 heteroatoms. The van der Waals surface area contributed by atoms with E-state index in [-0.39, 0.29) is 11.1 Å². The number of hydrogen-bond acceptors (Lipinski definition) is 4. The highest BCUT2D eigenvalue weighted by molar-refractivity contribution is 6.22. The first-order valence-electron chi connectivity index (χ1n) is 6.85. The van der Waals surface area contributed by atoms with E-state index in [4.69, 9.17) is 4.74 Å². The standard InChI is InChI=1S/C17H12FNO4/c1-23-17(22)14(10-6-8-11(18)9-7-10)19-15(20)12-4-2-3-5-13(12)16(19)21/h2-9,14H,1H3. The zero-order valence-electron chi connectivity index (χ0n) is 12.2. The zero-order valence-corrected chi connectivity index (χ0v) is 12.2. The van der Waals surface area contributed by atoms with Gasteiger partial charge in [-0.2, -0.15) is 0 Å². The maximum Gasteiger partial charge on any atom is 0.333 e. The van der Waals surface area contributed by atoms with Crippen LogP contribution in [0.4, 0.5) is 4.39 Å². The number of benzene rings is 2. The summed E-state index contributed by atoms with van der Waals surface area (Å²) in [4.78, 5) is 38.1. The maximum atomic E-state index is 13.1. The lowest BCUT2D eigenvalue weighted by Crippen LogP contribution is -2.39. The smallest absolute Gasteiger partial charge is 0.333 e. The van der Waals surface area contributed by atoms with Crippen LogP contribution in [0.2, 0.25) is 0 Å². The van der Waals surface area contributed by atoms with Gasteiger partial charge in [0, 0.05) is 0 Å². The Morgan fingerprint density at radius 2 is 1.52 bits per heavy atom. The summed E-state index contributed by atoms with van der Waals surface area (Å²) in [6, 6.07) is 10.1. The Morgan fingerprint density at radius 1 is 1.00 bits per heavy atom. The second-order valence-corrected chi connectivity index (χ2v) is 5.00. The summed E-state index contributed by atoms with van der Waals surface area (Å²) in [6.07, 6.45) is 0. The number of imide groups is 1. The number of esters is 1. The highest BCUT2D eigenvalue weighted by Crippen LogP contribution is 2.32. The van der Waals surface area contributed by atoms with Gasteiger partial charge in [0.05, 0.1) is 18.2 Å². The van der Waals surface area contributed by atoms with Crippen LogP contribution in [0.3, 0.4) is 0 Å². The predicted octanol–water partition coefficient (Wildman–Crippen LogP) is 2.34. The molecule has 0 spiro atoms. The van der Waals surface area contributed by atoms with Crippen LogP contribution in [-0.2, 0) is 9.53 Å². The zero-order chi connectivity index (χ0) is 16.6. The Kier molecular flexibility index (Phi) is 3.65. The Morgan fingerprint density at radius 3 is 2.00 bits per heavy atom. The van der Waals surface area contributed by atoms with E-state index >= 15 is 0 Å². The molecule has 3 rings (SSSR count). The van der Waals surface area contributed by atoms with Crippen molar-refractivity contribution < 1.29 is 23.5 Å². The molecule has 23 heavy (non-hydrogen) atoms. The molecule has 116 valence electrons. The van der Waals surface area contributed by atoms with Gasteiger partial charge in [0.25, 0.3) is 11.8 Å². The molecule has 2 amide bonds. The van der Waals surface area contributed by atoms with Gasteiger partial charge >= 0.3 is 5.97 Å². The molecule has 2 aromatic carbocycles. The maximum absolute atomic E-state index is 13.1. The van der Waals surface area contributed by atoms with Crippen molar-refractivity contribution in [3.63, 3.8) is 0 Å². The van der Waals surface area contributed by atoms with Gasteiger partial charge in [-0.1, -0.05) is 24.3 Å². The SMILES string of the molecule is COC(=O)C(c1ccc(F)cc1)N1C(=O)c2ccccc2C1=O. The fourth-order valence-corrected chi connectivity index (χ4v) is 2.59. The Labute approximate surface area is 131 Å². The van der Waals surface area contributed by atoms with Gasteiger partial charge in [0.1, 0.15) is 5.82 Å². The van der Waals surface area contributed by atoms with E-state index in [1.54, 1.807) is 12.1 Å². The Balaban J connectivity index is 2.09. The number of ether oxygens (including phenoxy) is 1. The molecule has 1 unspecified atom stereocenters. The average Bonchev–Trinajstić information content (AvgIpc) is 2.82. The lowest BCUT2D eigenvalue weighted by atomic mass is 10.1. The molecule has 0 aromatic heterocycles. The van der Waals surface area contributed by atoms with Crippen molar-refractivity contribution in [3.8, 4) is 0 Å². The van der Waals surface area contributed by atoms with Crippen LogP contribution in [0.25, 0.3) is 0 Å². The van der Waals surface area contributed by atoms with Gasteiger partial charge in [-0.05, 0) is 29.8 Å². The van der Waals surface area contributed by atoms with Crippen LogP contribution in [-0.4, -0.2) is 29.8 Å². The number of halogens is 1. The van der Waals surface area contributed by atoms with E-state index in [2.05, 4.69) is 0 Å². The van der Waals surface area contributed by atoms with Crippen molar-refractivity contribution in [2.75, 3.05) is 7.11 Å². The summed E-state index contributed by atoms with van der Waals surface area (Å²) in [6.45, 7) is 0. The first-order chi connectivity index (χ1) is 11.0. The molecule has 1 heterocycles. The summed E-state index contributed by atoms with van der Waals surface area (Å²) in [5.41, 5.74) is 0.759. The number of amides is 2. The fourth-order valence-electron chi connectivity index (χ4n) is 2.59. The molecule has 1 aliphatic heterocycles. The molecular formula is C17H12FNO4. The second-order valence-electron chi connectivity index (χ2n) is 5.00. The molecule has 1 aliphatic rings. The summed E-state index contributed by atoms with van der Waals surface area (Å²) >= 11 is 0. The first-order valence-corrected chi connectivity index (χ1v) is 6.85. The monoisotopic (exact) mass is 313 g/mol. The van der Waals surface area contributed by atoms with Crippen LogP contribution >= 0.6 is 0 Å². The fraction of sp³-hybridized carbons (Fsp3) is 0.118. The third-order valence-corrected chi connectivity index (χ3v) is 3.69. The molecule has 0 bridgehead atoms. The Bertz CT molecular complexity index is 765. The average molecular weight is 313 g/mol. The molecule has 1 atom stereocenters. The summed E-state index contributed by atoms with van der Waals surface area (Å²) < 4.78 is 17.8. The Hall–Kier alpha value is -3.02. The van der Waals surface area contributed by atoms with Gasteiger partial charge < -0.3 is 4.74 Å². The lowest BCUT2D eigenvalue weighted by molar-refractivity contribution is -0.145. The minimum absolute atomic E-state index is 0.230. The lowest BCUT2D eigenvalue weighted by Gasteiger charge is -2.24. The molecule has 0 aliphatic carbocycles. The van der Waals surface area contributed by atoms with Crippen molar-refractivity contribution in [3.05, 3.63) is 71.0 Å². The van der Waals surface area contributed by atoms with Crippen molar-refractivity contribution >= 4 is 17.8 Å². The number of methoxy groups -OCH3 is 1. The molecule has 0 fully saturated rings. The number of carbonyl (C=O) groups is 3. The van der Waals surface area contributed by atoms with E-state index in [0.717, 1.165) is 24.1 Å². The highest BCUT2D eigenvalue weighted by Gasteiger charge is 2.43. The number of carbonyl (C=O) groups excluding carboxylic acids is 3.